The van der Waals surface area contributed by atoms with E-state index >= 15 is 0 Å². The fourth-order valence-corrected chi connectivity index (χ4v) is 2.81. The first kappa shape index (κ1) is 9.77. The largest absolute Gasteiger partial charge is 0.464 e. The van der Waals surface area contributed by atoms with Crippen molar-refractivity contribution in [1.82, 2.24) is 10.4 Å². The van der Waals surface area contributed by atoms with Gasteiger partial charge in [0, 0.05) is 6.54 Å². The predicted octanol–water partition coefficient (Wildman–Crippen LogP) is 1.97. The molecule has 1 aliphatic carbocycles. The fraction of sp³-hybridized carbons (Fsp3) is 0.900. The summed E-state index contributed by atoms with van der Waals surface area (Å²) in [6.07, 6.45) is 7.10. The van der Waals surface area contributed by atoms with Gasteiger partial charge in [0.15, 0.2) is 0 Å². The van der Waals surface area contributed by atoms with Gasteiger partial charge in [0.05, 0.1) is 5.54 Å². The second-order valence-corrected chi connectivity index (χ2v) is 4.41. The Morgan fingerprint density at radius 1 is 1.14 bits per heavy atom. The summed E-state index contributed by atoms with van der Waals surface area (Å²) in [5.41, 5.74) is 2.90. The van der Waals surface area contributed by atoms with Gasteiger partial charge >= 0.3 is 6.09 Å². The second-order valence-electron chi connectivity index (χ2n) is 4.41. The Bertz CT molecular complexity index is 222. The summed E-state index contributed by atoms with van der Waals surface area (Å²) in [5, 5.41) is 10.6. The van der Waals surface area contributed by atoms with E-state index in [-0.39, 0.29) is 5.54 Å². The molecular formula is C10H18N2O2. The summed E-state index contributed by atoms with van der Waals surface area (Å²) in [5.74, 6) is 0. The van der Waals surface area contributed by atoms with Crippen LogP contribution >= 0.6 is 0 Å². The lowest BCUT2D eigenvalue weighted by Crippen LogP contribution is -2.50. The maximum Gasteiger partial charge on any atom is 0.422 e. The van der Waals surface area contributed by atoms with Crippen LogP contribution in [0.1, 0.15) is 44.9 Å². The minimum absolute atomic E-state index is 0.0810. The average Bonchev–Trinajstić information content (AvgIpc) is 2.39. The molecule has 1 amide bonds. The number of nitrogens with one attached hydrogen (secondary N) is 1. The third-order valence-electron chi connectivity index (χ3n) is 3.56. The summed E-state index contributed by atoms with van der Waals surface area (Å²) in [6.45, 7) is 0.812. The monoisotopic (exact) mass is 198 g/mol. The molecule has 0 aromatic carbocycles. The molecule has 1 heterocycles. The molecule has 0 bridgehead atoms. The van der Waals surface area contributed by atoms with Crippen molar-refractivity contribution >= 4 is 6.09 Å². The number of nitrogens with zero attached hydrogens (tertiary/aromatic N) is 1. The Hall–Kier alpha value is -0.770. The van der Waals surface area contributed by atoms with Crippen LogP contribution in [0.15, 0.2) is 0 Å². The third-order valence-corrected chi connectivity index (χ3v) is 3.56. The molecule has 80 valence electrons. The van der Waals surface area contributed by atoms with Gasteiger partial charge in [0.1, 0.15) is 0 Å². The van der Waals surface area contributed by atoms with Crippen molar-refractivity contribution in [2.45, 2.75) is 50.5 Å². The van der Waals surface area contributed by atoms with Crippen molar-refractivity contribution in [2.75, 3.05) is 6.54 Å². The lowest BCUT2D eigenvalue weighted by molar-refractivity contribution is 0.0669. The molecule has 1 saturated heterocycles. The van der Waals surface area contributed by atoms with Crippen molar-refractivity contribution in [3.8, 4) is 0 Å². The van der Waals surface area contributed by atoms with Gasteiger partial charge in [-0.3, -0.25) is 0 Å². The number of carboxylic acid groups (broad SMARTS) is 1. The van der Waals surface area contributed by atoms with Gasteiger partial charge in [-0.15, -0.1) is 0 Å². The van der Waals surface area contributed by atoms with E-state index < -0.39 is 6.09 Å². The highest BCUT2D eigenvalue weighted by molar-refractivity contribution is 5.66. The molecule has 0 aromatic heterocycles. The number of carbonyl (C=O) groups is 1. The van der Waals surface area contributed by atoms with Gasteiger partial charge in [-0.2, -0.15) is 0 Å². The van der Waals surface area contributed by atoms with Crippen LogP contribution in [-0.4, -0.2) is 28.3 Å². The molecule has 4 nitrogen and oxygen atoms in total. The van der Waals surface area contributed by atoms with Crippen LogP contribution in [0.2, 0.25) is 0 Å². The molecule has 4 heteroatoms. The molecule has 14 heavy (non-hydrogen) atoms. The highest BCUT2D eigenvalue weighted by Gasteiger charge is 2.43. The van der Waals surface area contributed by atoms with Crippen LogP contribution in [0.3, 0.4) is 0 Å². The highest BCUT2D eigenvalue weighted by atomic mass is 16.4. The highest BCUT2D eigenvalue weighted by Crippen LogP contribution is 2.36. The van der Waals surface area contributed by atoms with Gasteiger partial charge in [0.2, 0.25) is 0 Å². The first-order chi connectivity index (χ1) is 6.75. The van der Waals surface area contributed by atoms with E-state index in [0.29, 0.717) is 0 Å². The number of hydrogen-bond acceptors (Lipinski definition) is 2. The SMILES string of the molecule is O=C(O)N1NCCC12CCCCCC2. The third kappa shape index (κ3) is 1.59. The maximum absolute atomic E-state index is 11.1. The van der Waals surface area contributed by atoms with Crippen LogP contribution in [0.4, 0.5) is 4.79 Å². The zero-order chi connectivity index (χ0) is 10.0. The van der Waals surface area contributed by atoms with E-state index in [9.17, 15) is 4.79 Å². The van der Waals surface area contributed by atoms with Gasteiger partial charge in [-0.05, 0) is 19.3 Å². The zero-order valence-electron chi connectivity index (χ0n) is 8.46. The first-order valence-corrected chi connectivity index (χ1v) is 5.51. The molecule has 1 aliphatic heterocycles. The van der Waals surface area contributed by atoms with E-state index in [0.717, 1.165) is 25.8 Å². The van der Waals surface area contributed by atoms with E-state index in [4.69, 9.17) is 5.11 Å². The van der Waals surface area contributed by atoms with Crippen LogP contribution < -0.4 is 5.43 Å². The summed E-state index contributed by atoms with van der Waals surface area (Å²) in [7, 11) is 0. The van der Waals surface area contributed by atoms with E-state index in [1.165, 1.54) is 30.7 Å². The van der Waals surface area contributed by atoms with Crippen LogP contribution in [0.5, 0.6) is 0 Å². The molecule has 0 unspecified atom stereocenters. The lowest BCUT2D eigenvalue weighted by atomic mass is 9.88. The molecule has 0 aromatic rings. The molecule has 0 radical (unpaired) electrons. The van der Waals surface area contributed by atoms with E-state index in [1.54, 1.807) is 0 Å². The normalized spacial score (nSPS) is 26.4. The average molecular weight is 198 g/mol. The molecule has 0 atom stereocenters. The first-order valence-electron chi connectivity index (χ1n) is 5.51. The van der Waals surface area contributed by atoms with Crippen molar-refractivity contribution in [3.63, 3.8) is 0 Å². The minimum atomic E-state index is -0.815. The van der Waals surface area contributed by atoms with Gasteiger partial charge < -0.3 is 5.11 Å². The van der Waals surface area contributed by atoms with E-state index in [2.05, 4.69) is 5.43 Å². The summed E-state index contributed by atoms with van der Waals surface area (Å²) >= 11 is 0. The Morgan fingerprint density at radius 3 is 2.36 bits per heavy atom. The topological polar surface area (TPSA) is 52.6 Å². The van der Waals surface area contributed by atoms with E-state index in [1.807, 2.05) is 0 Å². The van der Waals surface area contributed by atoms with Gasteiger partial charge in [-0.25, -0.2) is 15.2 Å². The number of amides is 1. The minimum Gasteiger partial charge on any atom is -0.464 e. The molecule has 1 spiro atoms. The van der Waals surface area contributed by atoms with Crippen molar-refractivity contribution in [3.05, 3.63) is 0 Å². The number of rotatable bonds is 0. The number of hydrazine groups is 1. The molecule has 2 aliphatic rings. The Balaban J connectivity index is 2.14. The summed E-state index contributed by atoms with van der Waals surface area (Å²) in [6, 6.07) is 0. The summed E-state index contributed by atoms with van der Waals surface area (Å²) < 4.78 is 0. The second kappa shape index (κ2) is 3.77. The standard InChI is InChI=1S/C10H18N2O2/c13-9(14)12-10(7-8-11-12)5-3-1-2-4-6-10/h11H,1-8H2,(H,13,14). The van der Waals surface area contributed by atoms with Crippen molar-refractivity contribution in [1.29, 1.82) is 0 Å². The Kier molecular flexibility index (Phi) is 2.63. The fourth-order valence-electron chi connectivity index (χ4n) is 2.81. The smallest absolute Gasteiger partial charge is 0.422 e. The molecule has 2 rings (SSSR count). The molecule has 2 fully saturated rings. The molecular weight excluding hydrogens is 180 g/mol. The van der Waals surface area contributed by atoms with Gasteiger partial charge in [0.25, 0.3) is 0 Å². The molecule has 1 saturated carbocycles. The van der Waals surface area contributed by atoms with Crippen molar-refractivity contribution in [2.24, 2.45) is 0 Å². The lowest BCUT2D eigenvalue weighted by Gasteiger charge is -2.34. The zero-order valence-corrected chi connectivity index (χ0v) is 8.46. The quantitative estimate of drug-likeness (QED) is 0.625. The van der Waals surface area contributed by atoms with Crippen LogP contribution in [0.25, 0.3) is 0 Å². The maximum atomic E-state index is 11.1. The van der Waals surface area contributed by atoms with Gasteiger partial charge in [-0.1, -0.05) is 25.7 Å². The molecule has 2 N–H and O–H groups in total. The predicted molar refractivity (Wildman–Crippen MR) is 52.9 cm³/mol. The number of hydrogen-bond donors (Lipinski definition) is 2. The Morgan fingerprint density at radius 2 is 1.79 bits per heavy atom. The van der Waals surface area contributed by atoms with Crippen LogP contribution in [0, 0.1) is 0 Å². The van der Waals surface area contributed by atoms with Crippen LogP contribution in [-0.2, 0) is 0 Å². The Labute approximate surface area is 84.2 Å². The van der Waals surface area contributed by atoms with Crippen molar-refractivity contribution < 1.29 is 9.90 Å². The summed E-state index contributed by atoms with van der Waals surface area (Å²) in [4.78, 5) is 11.1.